The van der Waals surface area contributed by atoms with Gasteiger partial charge in [0.1, 0.15) is 11.6 Å². The van der Waals surface area contributed by atoms with Gasteiger partial charge in [-0.1, -0.05) is 18.2 Å². The van der Waals surface area contributed by atoms with Gasteiger partial charge in [-0.2, -0.15) is 5.26 Å². The van der Waals surface area contributed by atoms with Crippen molar-refractivity contribution in [3.8, 4) is 17.5 Å². The van der Waals surface area contributed by atoms with Crippen molar-refractivity contribution in [2.75, 3.05) is 25.0 Å². The molecule has 0 bridgehead atoms. The lowest BCUT2D eigenvalue weighted by Gasteiger charge is -2.27. The molecule has 8 heteroatoms. The van der Waals surface area contributed by atoms with Crippen molar-refractivity contribution in [3.63, 3.8) is 0 Å². The number of nitrogens with one attached hydrogen (secondary N) is 2. The molecule has 0 aliphatic carbocycles. The smallest absolute Gasteiger partial charge is 0.163 e. The largest absolute Gasteiger partial charge is 0.369 e. The standard InChI is InChI=1S/C24H22FN7/c25-18-11-17(12-27-14-18)23-30-22-15-32(10-7-26)9-6-20(22)24(31-23)28-8-5-16-13-29-21-4-2-1-3-19(16)21/h1-4,11-14,29H,5-6,8-10,15H2,(H,28,30,31). The molecule has 0 radical (unpaired) electrons. The lowest BCUT2D eigenvalue weighted by atomic mass is 10.0. The first kappa shape index (κ1) is 20.1. The van der Waals surface area contributed by atoms with Crippen LogP contribution in [0.2, 0.25) is 0 Å². The Labute approximate surface area is 185 Å². The van der Waals surface area contributed by atoms with Crippen molar-refractivity contribution in [2.45, 2.75) is 19.4 Å². The van der Waals surface area contributed by atoms with Crippen molar-refractivity contribution in [2.24, 2.45) is 0 Å². The zero-order chi connectivity index (χ0) is 21.9. The Bertz CT molecular complexity index is 1310. The van der Waals surface area contributed by atoms with Crippen LogP contribution in [0.4, 0.5) is 10.2 Å². The van der Waals surface area contributed by atoms with E-state index in [-0.39, 0.29) is 0 Å². The maximum Gasteiger partial charge on any atom is 0.163 e. The third kappa shape index (κ3) is 4.03. The van der Waals surface area contributed by atoms with Crippen LogP contribution in [0.15, 0.2) is 48.9 Å². The van der Waals surface area contributed by atoms with Crippen LogP contribution in [0.5, 0.6) is 0 Å². The first-order chi connectivity index (χ1) is 15.7. The summed E-state index contributed by atoms with van der Waals surface area (Å²) < 4.78 is 13.8. The van der Waals surface area contributed by atoms with E-state index in [1.54, 1.807) is 6.20 Å². The quantitative estimate of drug-likeness (QED) is 0.456. The molecule has 4 aromatic rings. The molecule has 32 heavy (non-hydrogen) atoms. The number of pyridine rings is 1. The normalized spacial score (nSPS) is 13.6. The molecule has 160 valence electrons. The van der Waals surface area contributed by atoms with Gasteiger partial charge in [0, 0.05) is 54.1 Å². The van der Waals surface area contributed by atoms with Crippen molar-refractivity contribution < 1.29 is 4.39 Å². The number of fused-ring (bicyclic) bond motifs is 2. The number of halogens is 1. The summed E-state index contributed by atoms with van der Waals surface area (Å²) in [4.78, 5) is 18.7. The molecule has 0 saturated heterocycles. The monoisotopic (exact) mass is 427 g/mol. The summed E-state index contributed by atoms with van der Waals surface area (Å²) in [5.74, 6) is 0.777. The maximum atomic E-state index is 13.8. The molecule has 7 nitrogen and oxygen atoms in total. The van der Waals surface area contributed by atoms with Crippen LogP contribution in [0.3, 0.4) is 0 Å². The number of benzene rings is 1. The number of hydrogen-bond donors (Lipinski definition) is 2. The summed E-state index contributed by atoms with van der Waals surface area (Å²) >= 11 is 0. The Morgan fingerprint density at radius 3 is 3.00 bits per heavy atom. The second-order valence-electron chi connectivity index (χ2n) is 7.87. The molecule has 1 aliphatic heterocycles. The minimum Gasteiger partial charge on any atom is -0.369 e. The van der Waals surface area contributed by atoms with Crippen molar-refractivity contribution >= 4 is 16.7 Å². The Morgan fingerprint density at radius 2 is 2.12 bits per heavy atom. The molecule has 3 aromatic heterocycles. The van der Waals surface area contributed by atoms with Crippen LogP contribution >= 0.6 is 0 Å². The molecule has 0 saturated carbocycles. The average molecular weight is 427 g/mol. The van der Waals surface area contributed by atoms with E-state index in [2.05, 4.69) is 38.4 Å². The van der Waals surface area contributed by atoms with Gasteiger partial charge >= 0.3 is 0 Å². The first-order valence-corrected chi connectivity index (χ1v) is 10.6. The highest BCUT2D eigenvalue weighted by Crippen LogP contribution is 2.27. The van der Waals surface area contributed by atoms with E-state index in [1.807, 2.05) is 18.3 Å². The van der Waals surface area contributed by atoms with E-state index in [4.69, 9.17) is 15.2 Å². The van der Waals surface area contributed by atoms with Gasteiger partial charge in [0.25, 0.3) is 0 Å². The zero-order valence-corrected chi connectivity index (χ0v) is 17.5. The molecular weight excluding hydrogens is 405 g/mol. The van der Waals surface area contributed by atoms with E-state index in [0.29, 0.717) is 31.0 Å². The highest BCUT2D eigenvalue weighted by molar-refractivity contribution is 5.83. The van der Waals surface area contributed by atoms with Crippen LogP contribution in [-0.4, -0.2) is 44.5 Å². The van der Waals surface area contributed by atoms with Crippen molar-refractivity contribution in [1.82, 2.24) is 24.8 Å². The maximum absolute atomic E-state index is 13.8. The van der Waals surface area contributed by atoms with E-state index < -0.39 is 5.82 Å². The fraction of sp³-hybridized carbons (Fsp3) is 0.250. The van der Waals surface area contributed by atoms with Crippen LogP contribution in [0.25, 0.3) is 22.3 Å². The van der Waals surface area contributed by atoms with Gasteiger partial charge in [-0.25, -0.2) is 14.4 Å². The average Bonchev–Trinajstić information content (AvgIpc) is 3.22. The lowest BCUT2D eigenvalue weighted by Crippen LogP contribution is -2.32. The fourth-order valence-corrected chi connectivity index (χ4v) is 4.18. The van der Waals surface area contributed by atoms with E-state index in [0.717, 1.165) is 48.2 Å². The van der Waals surface area contributed by atoms with Gasteiger partial charge in [0.15, 0.2) is 5.82 Å². The second-order valence-corrected chi connectivity index (χ2v) is 7.87. The number of rotatable bonds is 6. The Morgan fingerprint density at radius 1 is 1.22 bits per heavy atom. The number of anilines is 1. The number of hydrogen-bond acceptors (Lipinski definition) is 6. The molecule has 2 N–H and O–H groups in total. The molecule has 4 heterocycles. The van der Waals surface area contributed by atoms with Gasteiger partial charge in [0.05, 0.1) is 24.5 Å². The second kappa shape index (κ2) is 8.73. The zero-order valence-electron chi connectivity index (χ0n) is 17.5. The molecule has 5 rings (SSSR count). The summed E-state index contributed by atoms with van der Waals surface area (Å²) in [5, 5.41) is 13.8. The number of aromatic amines is 1. The molecular formula is C24H22FN7. The summed E-state index contributed by atoms with van der Waals surface area (Å²) in [6.07, 6.45) is 6.37. The van der Waals surface area contributed by atoms with E-state index >= 15 is 0 Å². The highest BCUT2D eigenvalue weighted by Gasteiger charge is 2.23. The third-order valence-corrected chi connectivity index (χ3v) is 5.76. The van der Waals surface area contributed by atoms with Crippen molar-refractivity contribution in [3.05, 3.63) is 71.6 Å². The highest BCUT2D eigenvalue weighted by atomic mass is 19.1. The summed E-state index contributed by atoms with van der Waals surface area (Å²) in [7, 11) is 0. The molecule has 0 amide bonds. The summed E-state index contributed by atoms with van der Waals surface area (Å²) in [6.45, 7) is 2.40. The van der Waals surface area contributed by atoms with E-state index in [9.17, 15) is 4.39 Å². The van der Waals surface area contributed by atoms with Gasteiger partial charge in [-0.15, -0.1) is 0 Å². The number of nitrogens with zero attached hydrogens (tertiary/aromatic N) is 5. The number of H-pyrrole nitrogens is 1. The Hall–Kier alpha value is -3.83. The van der Waals surface area contributed by atoms with Crippen molar-refractivity contribution in [1.29, 1.82) is 5.26 Å². The van der Waals surface area contributed by atoms with Gasteiger partial charge in [-0.3, -0.25) is 9.88 Å². The summed E-state index contributed by atoms with van der Waals surface area (Å²) in [6, 6.07) is 11.8. The van der Waals surface area contributed by atoms with Gasteiger partial charge < -0.3 is 10.3 Å². The van der Waals surface area contributed by atoms with Crippen LogP contribution in [0, 0.1) is 17.1 Å². The SMILES string of the molecule is N#CCN1CCc2c(nc(-c3cncc(F)c3)nc2NCCc2c[nH]c3ccccc23)C1. The molecule has 1 aliphatic rings. The minimum atomic E-state index is -0.427. The van der Waals surface area contributed by atoms with Crippen LogP contribution < -0.4 is 5.32 Å². The molecule has 1 aromatic carbocycles. The van der Waals surface area contributed by atoms with Gasteiger partial charge in [0.2, 0.25) is 0 Å². The number of aromatic nitrogens is 4. The summed E-state index contributed by atoms with van der Waals surface area (Å²) in [5.41, 5.74) is 4.83. The third-order valence-electron chi connectivity index (χ3n) is 5.76. The molecule has 0 spiro atoms. The number of para-hydroxylation sites is 1. The first-order valence-electron chi connectivity index (χ1n) is 10.6. The number of nitriles is 1. The van der Waals surface area contributed by atoms with Crippen LogP contribution in [0.1, 0.15) is 16.8 Å². The topological polar surface area (TPSA) is 93.5 Å². The van der Waals surface area contributed by atoms with Crippen LogP contribution in [-0.2, 0) is 19.4 Å². The fourth-order valence-electron chi connectivity index (χ4n) is 4.18. The predicted molar refractivity (Wildman–Crippen MR) is 120 cm³/mol. The molecule has 0 atom stereocenters. The minimum absolute atomic E-state index is 0.351. The lowest BCUT2D eigenvalue weighted by molar-refractivity contribution is 0.280. The predicted octanol–water partition coefficient (Wildman–Crippen LogP) is 3.70. The Kier molecular flexibility index (Phi) is 5.48. The van der Waals surface area contributed by atoms with Gasteiger partial charge in [-0.05, 0) is 30.5 Å². The Balaban J connectivity index is 1.43. The molecule has 0 unspecified atom stereocenters. The van der Waals surface area contributed by atoms with E-state index in [1.165, 1.54) is 17.0 Å². The molecule has 0 fully saturated rings.